The molecule has 0 bridgehead atoms. The molecule has 110 valence electrons. The number of anilines is 1. The number of benzene rings is 1. The Morgan fingerprint density at radius 3 is 2.25 bits per heavy atom. The molecule has 5 heteroatoms. The van der Waals surface area contributed by atoms with Crippen LogP contribution in [-0.4, -0.2) is 24.1 Å². The molecule has 1 rings (SSSR count). The van der Waals surface area contributed by atoms with Crippen molar-refractivity contribution in [2.45, 2.75) is 39.7 Å². The molecule has 0 spiro atoms. The molecule has 0 unspecified atom stereocenters. The maximum atomic E-state index is 11.6. The molecule has 0 saturated heterocycles. The molecule has 0 aliphatic carbocycles. The lowest BCUT2D eigenvalue weighted by molar-refractivity contribution is -0.118. The van der Waals surface area contributed by atoms with Crippen molar-refractivity contribution in [1.82, 2.24) is 5.32 Å². The number of carbonyl (C=O) groups is 2. The van der Waals surface area contributed by atoms with E-state index >= 15 is 0 Å². The fraction of sp³-hybridized carbons (Fsp3) is 0.467. The lowest BCUT2D eigenvalue weighted by atomic mass is 10.1. The number of hydrogen-bond acceptors (Lipinski definition) is 3. The second-order valence-electron chi connectivity index (χ2n) is 5.56. The van der Waals surface area contributed by atoms with Crippen LogP contribution >= 0.6 is 0 Å². The molecule has 1 aromatic carbocycles. The van der Waals surface area contributed by atoms with Crippen LogP contribution in [0.5, 0.6) is 0 Å². The lowest BCUT2D eigenvalue weighted by Crippen LogP contribution is -2.27. The van der Waals surface area contributed by atoms with E-state index in [9.17, 15) is 9.59 Å². The van der Waals surface area contributed by atoms with E-state index in [1.165, 1.54) is 6.92 Å². The highest BCUT2D eigenvalue weighted by Crippen LogP contribution is 2.13. The van der Waals surface area contributed by atoms with Crippen molar-refractivity contribution in [3.8, 4) is 0 Å². The molecule has 0 heterocycles. The van der Waals surface area contributed by atoms with E-state index in [0.29, 0.717) is 12.2 Å². The van der Waals surface area contributed by atoms with Gasteiger partial charge in [-0.3, -0.25) is 10.1 Å². The minimum atomic E-state index is -0.512. The van der Waals surface area contributed by atoms with E-state index in [1.807, 2.05) is 45.0 Å². The summed E-state index contributed by atoms with van der Waals surface area (Å²) in [7, 11) is 0. The minimum absolute atomic E-state index is 0.0341. The SMILES string of the molecule is CC(=O)NCCc1ccc(NC(=O)OC(C)(C)C)cc1. The molecule has 0 fully saturated rings. The van der Waals surface area contributed by atoms with Crippen LogP contribution in [0.15, 0.2) is 24.3 Å². The summed E-state index contributed by atoms with van der Waals surface area (Å²) in [6, 6.07) is 7.45. The first kappa shape index (κ1) is 16.0. The highest BCUT2D eigenvalue weighted by atomic mass is 16.6. The predicted octanol–water partition coefficient (Wildman–Crippen LogP) is 2.71. The Morgan fingerprint density at radius 1 is 1.15 bits per heavy atom. The van der Waals surface area contributed by atoms with Crippen LogP contribution < -0.4 is 10.6 Å². The van der Waals surface area contributed by atoms with Crippen LogP contribution in [-0.2, 0) is 16.0 Å². The van der Waals surface area contributed by atoms with Crippen LogP contribution in [0.25, 0.3) is 0 Å². The molecular weight excluding hydrogens is 256 g/mol. The predicted molar refractivity (Wildman–Crippen MR) is 78.7 cm³/mol. The standard InChI is InChI=1S/C15H22N2O3/c1-11(18)16-10-9-12-5-7-13(8-6-12)17-14(19)20-15(2,3)4/h5-8H,9-10H2,1-4H3,(H,16,18)(H,17,19). The summed E-state index contributed by atoms with van der Waals surface area (Å²) in [6.45, 7) is 7.55. The number of rotatable bonds is 4. The number of nitrogens with one attached hydrogen (secondary N) is 2. The summed E-state index contributed by atoms with van der Waals surface area (Å²) in [5, 5.41) is 5.41. The summed E-state index contributed by atoms with van der Waals surface area (Å²) in [6.07, 6.45) is 0.287. The lowest BCUT2D eigenvalue weighted by Gasteiger charge is -2.19. The van der Waals surface area contributed by atoms with Gasteiger partial charge in [-0.1, -0.05) is 12.1 Å². The molecule has 0 saturated carbocycles. The average Bonchev–Trinajstić information content (AvgIpc) is 2.28. The number of amides is 2. The minimum Gasteiger partial charge on any atom is -0.444 e. The van der Waals surface area contributed by atoms with Crippen molar-refractivity contribution < 1.29 is 14.3 Å². The van der Waals surface area contributed by atoms with E-state index in [2.05, 4.69) is 10.6 Å². The zero-order valence-corrected chi connectivity index (χ0v) is 12.4. The van der Waals surface area contributed by atoms with Gasteiger partial charge in [-0.05, 0) is 44.9 Å². The van der Waals surface area contributed by atoms with Crippen LogP contribution in [0, 0.1) is 0 Å². The van der Waals surface area contributed by atoms with Gasteiger partial charge in [-0.25, -0.2) is 4.79 Å². The van der Waals surface area contributed by atoms with Gasteiger partial charge >= 0.3 is 6.09 Å². The van der Waals surface area contributed by atoms with Crippen molar-refractivity contribution in [3.63, 3.8) is 0 Å². The van der Waals surface area contributed by atoms with Gasteiger partial charge in [0, 0.05) is 19.2 Å². The molecule has 1 aromatic rings. The van der Waals surface area contributed by atoms with Gasteiger partial charge in [0.25, 0.3) is 0 Å². The maximum absolute atomic E-state index is 11.6. The van der Waals surface area contributed by atoms with Crippen molar-refractivity contribution >= 4 is 17.7 Å². The molecule has 0 aliphatic heterocycles. The number of ether oxygens (including phenoxy) is 1. The molecule has 0 aliphatic rings. The molecule has 0 atom stereocenters. The number of carbonyl (C=O) groups excluding carboxylic acids is 2. The van der Waals surface area contributed by atoms with Crippen LogP contribution in [0.2, 0.25) is 0 Å². The van der Waals surface area contributed by atoms with Gasteiger partial charge in [0.1, 0.15) is 5.60 Å². The molecule has 2 amide bonds. The summed E-state index contributed by atoms with van der Waals surface area (Å²) in [4.78, 5) is 22.3. The maximum Gasteiger partial charge on any atom is 0.412 e. The van der Waals surface area contributed by atoms with E-state index in [0.717, 1.165) is 12.0 Å². The summed E-state index contributed by atoms with van der Waals surface area (Å²) < 4.78 is 5.17. The number of hydrogen-bond donors (Lipinski definition) is 2. The van der Waals surface area contributed by atoms with Crippen molar-refractivity contribution in [2.75, 3.05) is 11.9 Å². The molecule has 2 N–H and O–H groups in total. The summed E-state index contributed by atoms with van der Waals surface area (Å²) in [5.41, 5.74) is 1.26. The Kier molecular flexibility index (Phi) is 5.55. The molecule has 5 nitrogen and oxygen atoms in total. The van der Waals surface area contributed by atoms with Crippen molar-refractivity contribution in [2.24, 2.45) is 0 Å². The highest BCUT2D eigenvalue weighted by Gasteiger charge is 2.15. The Morgan fingerprint density at radius 2 is 1.75 bits per heavy atom. The van der Waals surface area contributed by atoms with Crippen LogP contribution in [0.3, 0.4) is 0 Å². The average molecular weight is 278 g/mol. The van der Waals surface area contributed by atoms with E-state index in [4.69, 9.17) is 4.74 Å². The Bertz CT molecular complexity index is 461. The third-order valence-corrected chi connectivity index (χ3v) is 2.39. The van der Waals surface area contributed by atoms with E-state index in [-0.39, 0.29) is 5.91 Å². The Labute approximate surface area is 119 Å². The fourth-order valence-corrected chi connectivity index (χ4v) is 1.56. The molecular formula is C15H22N2O3. The molecule has 20 heavy (non-hydrogen) atoms. The van der Waals surface area contributed by atoms with E-state index in [1.54, 1.807) is 0 Å². The molecule has 0 radical (unpaired) electrons. The largest absolute Gasteiger partial charge is 0.444 e. The van der Waals surface area contributed by atoms with Crippen molar-refractivity contribution in [3.05, 3.63) is 29.8 Å². The van der Waals surface area contributed by atoms with Crippen LogP contribution in [0.4, 0.5) is 10.5 Å². The first-order chi connectivity index (χ1) is 9.26. The van der Waals surface area contributed by atoms with Crippen molar-refractivity contribution in [1.29, 1.82) is 0 Å². The van der Waals surface area contributed by atoms with Crippen LogP contribution in [0.1, 0.15) is 33.3 Å². The quantitative estimate of drug-likeness (QED) is 0.889. The summed E-state index contributed by atoms with van der Waals surface area (Å²) in [5.74, 6) is -0.0341. The van der Waals surface area contributed by atoms with Gasteiger partial charge in [0.05, 0.1) is 0 Å². The first-order valence-electron chi connectivity index (χ1n) is 6.59. The Hall–Kier alpha value is -2.04. The fourth-order valence-electron chi connectivity index (χ4n) is 1.56. The first-order valence-corrected chi connectivity index (χ1v) is 6.59. The van der Waals surface area contributed by atoms with E-state index < -0.39 is 11.7 Å². The second-order valence-corrected chi connectivity index (χ2v) is 5.56. The van der Waals surface area contributed by atoms with Gasteiger partial charge in [-0.15, -0.1) is 0 Å². The normalized spacial score (nSPS) is 10.8. The molecule has 0 aromatic heterocycles. The zero-order valence-electron chi connectivity index (χ0n) is 12.4. The third-order valence-electron chi connectivity index (χ3n) is 2.39. The third kappa shape index (κ3) is 6.78. The van der Waals surface area contributed by atoms with Gasteiger partial charge < -0.3 is 10.1 Å². The summed E-state index contributed by atoms with van der Waals surface area (Å²) >= 11 is 0. The van der Waals surface area contributed by atoms with Gasteiger partial charge in [0.15, 0.2) is 0 Å². The Balaban J connectivity index is 2.46. The van der Waals surface area contributed by atoms with Gasteiger partial charge in [-0.2, -0.15) is 0 Å². The topological polar surface area (TPSA) is 67.4 Å². The van der Waals surface area contributed by atoms with Gasteiger partial charge in [0.2, 0.25) is 5.91 Å². The second kappa shape index (κ2) is 6.93. The monoisotopic (exact) mass is 278 g/mol. The zero-order chi connectivity index (χ0) is 15.2. The smallest absolute Gasteiger partial charge is 0.412 e. The highest BCUT2D eigenvalue weighted by molar-refractivity contribution is 5.84.